The van der Waals surface area contributed by atoms with Gasteiger partial charge in [0.05, 0.1) is 17.5 Å². The Morgan fingerprint density at radius 2 is 1.57 bits per heavy atom. The molecule has 0 fully saturated rings. The smallest absolute Gasteiger partial charge is 0.242 e. The fourth-order valence-electron chi connectivity index (χ4n) is 2.87. The lowest BCUT2D eigenvalue weighted by molar-refractivity contribution is -0.117. The monoisotopic (exact) mass is 404 g/mol. The highest BCUT2D eigenvalue weighted by atomic mass is 32.2. The summed E-state index contributed by atoms with van der Waals surface area (Å²) in [4.78, 5) is 12.7. The number of nitrogens with one attached hydrogen (secondary N) is 2. The van der Waals surface area contributed by atoms with E-state index in [1.54, 1.807) is 12.1 Å². The Bertz CT molecular complexity index is 886. The van der Waals surface area contributed by atoms with Crippen LogP contribution in [0.5, 0.6) is 5.75 Å². The second-order valence-electron chi connectivity index (χ2n) is 6.40. The molecular weight excluding hydrogens is 376 g/mol. The van der Waals surface area contributed by atoms with Gasteiger partial charge in [-0.25, -0.2) is 8.42 Å². The summed E-state index contributed by atoms with van der Waals surface area (Å²) in [6.45, 7) is 7.92. The van der Waals surface area contributed by atoms with Crippen molar-refractivity contribution in [1.82, 2.24) is 4.72 Å². The Morgan fingerprint density at radius 1 is 1.00 bits per heavy atom. The van der Waals surface area contributed by atoms with Crippen LogP contribution in [0.2, 0.25) is 0 Å². The molecule has 6 nitrogen and oxygen atoms in total. The normalized spacial score (nSPS) is 12.4. The predicted octanol–water partition coefficient (Wildman–Crippen LogP) is 3.52. The van der Waals surface area contributed by atoms with Crippen LogP contribution in [0.4, 0.5) is 5.69 Å². The Kier molecular flexibility index (Phi) is 7.60. The third-order valence-electron chi connectivity index (χ3n) is 4.42. The van der Waals surface area contributed by atoms with Gasteiger partial charge >= 0.3 is 0 Å². The zero-order valence-corrected chi connectivity index (χ0v) is 17.6. The summed E-state index contributed by atoms with van der Waals surface area (Å²) in [5, 5.41) is 2.89. The van der Waals surface area contributed by atoms with Crippen molar-refractivity contribution >= 4 is 21.6 Å². The molecule has 0 aliphatic carbocycles. The maximum atomic E-state index is 12.6. The van der Waals surface area contributed by atoms with Gasteiger partial charge in [0.2, 0.25) is 15.9 Å². The number of rotatable bonds is 9. The minimum absolute atomic E-state index is 0.0822. The Morgan fingerprint density at radius 3 is 2.07 bits per heavy atom. The van der Waals surface area contributed by atoms with Gasteiger partial charge in [-0.2, -0.15) is 4.72 Å². The van der Waals surface area contributed by atoms with Gasteiger partial charge in [0, 0.05) is 5.69 Å². The second-order valence-corrected chi connectivity index (χ2v) is 8.11. The summed E-state index contributed by atoms with van der Waals surface area (Å²) in [5.41, 5.74) is 2.81. The third kappa shape index (κ3) is 5.33. The summed E-state index contributed by atoms with van der Waals surface area (Å²) in [6.07, 6.45) is 1.55. The lowest BCUT2D eigenvalue weighted by Crippen LogP contribution is -2.41. The first-order valence-corrected chi connectivity index (χ1v) is 11.0. The quantitative estimate of drug-likeness (QED) is 0.670. The van der Waals surface area contributed by atoms with Crippen molar-refractivity contribution in [3.8, 4) is 5.75 Å². The molecule has 0 saturated heterocycles. The molecule has 0 saturated carbocycles. The SMILES string of the molecule is CCOc1ccc(S(=O)(=O)N[C@@H](C)C(=O)Nc2c(CC)cccc2CC)cc1. The van der Waals surface area contributed by atoms with Crippen molar-refractivity contribution in [2.45, 2.75) is 51.5 Å². The van der Waals surface area contributed by atoms with Gasteiger partial charge in [0.15, 0.2) is 0 Å². The van der Waals surface area contributed by atoms with Crippen LogP contribution in [-0.2, 0) is 27.7 Å². The molecule has 2 aromatic carbocycles. The van der Waals surface area contributed by atoms with Crippen molar-refractivity contribution in [2.75, 3.05) is 11.9 Å². The number of carbonyl (C=O) groups excluding carboxylic acids is 1. The standard InChI is InChI=1S/C21H28N2O4S/c1-5-16-9-8-10-17(6-2)20(16)22-21(24)15(4)23-28(25,26)19-13-11-18(12-14-19)27-7-3/h8-15,23H,5-7H2,1-4H3,(H,22,24)/t15-/m0/s1. The minimum Gasteiger partial charge on any atom is -0.494 e. The molecule has 2 N–H and O–H groups in total. The topological polar surface area (TPSA) is 84.5 Å². The predicted molar refractivity (Wildman–Crippen MR) is 111 cm³/mol. The number of hydrogen-bond acceptors (Lipinski definition) is 4. The molecule has 0 bridgehead atoms. The van der Waals surface area contributed by atoms with E-state index in [1.165, 1.54) is 19.1 Å². The maximum Gasteiger partial charge on any atom is 0.242 e. The van der Waals surface area contributed by atoms with Crippen LogP contribution >= 0.6 is 0 Å². The molecule has 1 amide bonds. The van der Waals surface area contributed by atoms with Crippen LogP contribution in [0.15, 0.2) is 47.4 Å². The summed E-state index contributed by atoms with van der Waals surface area (Å²) < 4.78 is 32.9. The van der Waals surface area contributed by atoms with Crippen LogP contribution in [-0.4, -0.2) is 27.0 Å². The molecular formula is C21H28N2O4S. The van der Waals surface area contributed by atoms with E-state index in [1.807, 2.05) is 39.0 Å². The number of amides is 1. The van der Waals surface area contributed by atoms with Gasteiger partial charge < -0.3 is 10.1 Å². The van der Waals surface area contributed by atoms with Crippen molar-refractivity contribution in [1.29, 1.82) is 0 Å². The molecule has 28 heavy (non-hydrogen) atoms. The van der Waals surface area contributed by atoms with E-state index in [9.17, 15) is 13.2 Å². The first-order chi connectivity index (χ1) is 13.3. The van der Waals surface area contributed by atoms with E-state index in [4.69, 9.17) is 4.74 Å². The molecule has 1 atom stereocenters. The molecule has 7 heteroatoms. The molecule has 0 aliphatic rings. The molecule has 152 valence electrons. The highest BCUT2D eigenvalue weighted by Crippen LogP contribution is 2.23. The highest BCUT2D eigenvalue weighted by Gasteiger charge is 2.23. The first-order valence-electron chi connectivity index (χ1n) is 9.49. The van der Waals surface area contributed by atoms with Crippen LogP contribution in [0.25, 0.3) is 0 Å². The summed E-state index contributed by atoms with van der Waals surface area (Å²) >= 11 is 0. The van der Waals surface area contributed by atoms with Crippen molar-refractivity contribution in [3.63, 3.8) is 0 Å². The number of para-hydroxylation sites is 1. The molecule has 0 aliphatic heterocycles. The average Bonchev–Trinajstić information content (AvgIpc) is 2.68. The summed E-state index contributed by atoms with van der Waals surface area (Å²) in [6, 6.07) is 11.1. The second kappa shape index (κ2) is 9.71. The van der Waals surface area contributed by atoms with Crippen LogP contribution in [0, 0.1) is 0 Å². The average molecular weight is 405 g/mol. The molecule has 0 radical (unpaired) electrons. The van der Waals surface area contributed by atoms with Crippen molar-refractivity contribution in [3.05, 3.63) is 53.6 Å². The fraction of sp³-hybridized carbons (Fsp3) is 0.381. The molecule has 2 rings (SSSR count). The third-order valence-corrected chi connectivity index (χ3v) is 5.97. The van der Waals surface area contributed by atoms with E-state index in [2.05, 4.69) is 10.0 Å². The molecule has 0 unspecified atom stereocenters. The Labute approximate surface area is 167 Å². The lowest BCUT2D eigenvalue weighted by atomic mass is 10.0. The van der Waals surface area contributed by atoms with Gasteiger partial charge in [-0.05, 0) is 62.1 Å². The van der Waals surface area contributed by atoms with E-state index in [-0.39, 0.29) is 4.90 Å². The number of carbonyl (C=O) groups is 1. The van der Waals surface area contributed by atoms with E-state index < -0.39 is 22.0 Å². The van der Waals surface area contributed by atoms with Gasteiger partial charge in [-0.15, -0.1) is 0 Å². The number of anilines is 1. The molecule has 0 aromatic heterocycles. The van der Waals surface area contributed by atoms with Gasteiger partial charge in [0.1, 0.15) is 5.75 Å². The molecule has 2 aromatic rings. The number of benzene rings is 2. The van der Waals surface area contributed by atoms with Gasteiger partial charge in [-0.1, -0.05) is 32.0 Å². The van der Waals surface area contributed by atoms with Crippen molar-refractivity contribution < 1.29 is 17.9 Å². The fourth-order valence-corrected chi connectivity index (χ4v) is 4.07. The van der Waals surface area contributed by atoms with Crippen LogP contribution < -0.4 is 14.8 Å². The highest BCUT2D eigenvalue weighted by molar-refractivity contribution is 7.89. The molecule has 0 spiro atoms. The van der Waals surface area contributed by atoms with E-state index in [0.29, 0.717) is 12.4 Å². The molecule has 0 heterocycles. The van der Waals surface area contributed by atoms with Crippen LogP contribution in [0.3, 0.4) is 0 Å². The lowest BCUT2D eigenvalue weighted by Gasteiger charge is -2.18. The number of hydrogen-bond donors (Lipinski definition) is 2. The zero-order chi connectivity index (χ0) is 20.7. The maximum absolute atomic E-state index is 12.6. The largest absolute Gasteiger partial charge is 0.494 e. The van der Waals surface area contributed by atoms with Crippen LogP contribution in [0.1, 0.15) is 38.8 Å². The summed E-state index contributed by atoms with van der Waals surface area (Å²) in [5.74, 6) is 0.195. The number of aryl methyl sites for hydroxylation is 2. The first kappa shape index (κ1) is 21.9. The summed E-state index contributed by atoms with van der Waals surface area (Å²) in [7, 11) is -3.83. The Hall–Kier alpha value is -2.38. The van der Waals surface area contributed by atoms with E-state index in [0.717, 1.165) is 29.7 Å². The zero-order valence-electron chi connectivity index (χ0n) is 16.8. The van der Waals surface area contributed by atoms with E-state index >= 15 is 0 Å². The Balaban J connectivity index is 2.13. The van der Waals surface area contributed by atoms with Gasteiger partial charge in [0.25, 0.3) is 0 Å². The number of sulfonamides is 1. The number of ether oxygens (including phenoxy) is 1. The van der Waals surface area contributed by atoms with Crippen molar-refractivity contribution in [2.24, 2.45) is 0 Å². The minimum atomic E-state index is -3.83. The van der Waals surface area contributed by atoms with Gasteiger partial charge in [-0.3, -0.25) is 4.79 Å².